The first kappa shape index (κ1) is 12.9. The van der Waals surface area contributed by atoms with Crippen LogP contribution < -0.4 is 10.0 Å². The molecule has 1 aliphatic carbocycles. The fourth-order valence-corrected chi connectivity index (χ4v) is 2.35. The summed E-state index contributed by atoms with van der Waals surface area (Å²) in [5.41, 5.74) is 1.05. The van der Waals surface area contributed by atoms with Crippen LogP contribution in [0.5, 0.6) is 0 Å². The molecule has 1 aromatic rings. The average Bonchev–Trinajstić information content (AvgIpc) is 2.93. The molecule has 0 radical (unpaired) electrons. The summed E-state index contributed by atoms with van der Waals surface area (Å²) in [6, 6.07) is 6.67. The van der Waals surface area contributed by atoms with E-state index in [0.717, 1.165) is 12.7 Å². The number of nitrogens with one attached hydrogen (secondary N) is 2. The van der Waals surface area contributed by atoms with Gasteiger partial charge in [0.05, 0.1) is 11.9 Å². The molecule has 1 aliphatic rings. The highest BCUT2D eigenvalue weighted by Crippen LogP contribution is 2.38. The Labute approximate surface area is 107 Å². The zero-order valence-electron chi connectivity index (χ0n) is 10.3. The number of amides is 1. The zero-order chi connectivity index (χ0) is 13.3. The SMILES string of the molecule is C[C@H]1C[C@H]1C(=O)Nc1cccc(NS(C)(=O)=O)c1. The van der Waals surface area contributed by atoms with E-state index < -0.39 is 10.0 Å². The molecule has 0 aliphatic heterocycles. The fraction of sp³-hybridized carbons (Fsp3) is 0.417. The first-order valence-corrected chi connectivity index (χ1v) is 7.63. The molecule has 98 valence electrons. The summed E-state index contributed by atoms with van der Waals surface area (Å²) in [5.74, 6) is 0.540. The highest BCUT2D eigenvalue weighted by molar-refractivity contribution is 7.92. The van der Waals surface area contributed by atoms with Gasteiger partial charge in [0.15, 0.2) is 0 Å². The molecule has 5 nitrogen and oxygen atoms in total. The molecule has 2 rings (SSSR count). The largest absolute Gasteiger partial charge is 0.326 e. The number of carbonyl (C=O) groups is 1. The summed E-state index contributed by atoms with van der Waals surface area (Å²) in [6.45, 7) is 2.03. The molecule has 1 fully saturated rings. The van der Waals surface area contributed by atoms with Gasteiger partial charge in [-0.15, -0.1) is 0 Å². The Morgan fingerprint density at radius 2 is 1.94 bits per heavy atom. The van der Waals surface area contributed by atoms with Crippen LogP contribution in [0.4, 0.5) is 11.4 Å². The maximum Gasteiger partial charge on any atom is 0.229 e. The molecule has 0 saturated heterocycles. The third-order valence-electron chi connectivity index (χ3n) is 2.88. The summed E-state index contributed by atoms with van der Waals surface area (Å²) in [7, 11) is -3.30. The second-order valence-electron chi connectivity index (χ2n) is 4.76. The van der Waals surface area contributed by atoms with Crippen LogP contribution in [0.15, 0.2) is 24.3 Å². The second-order valence-corrected chi connectivity index (χ2v) is 6.51. The van der Waals surface area contributed by atoms with Gasteiger partial charge in [-0.3, -0.25) is 9.52 Å². The molecule has 0 spiro atoms. The average molecular weight is 268 g/mol. The van der Waals surface area contributed by atoms with E-state index in [-0.39, 0.29) is 11.8 Å². The van der Waals surface area contributed by atoms with Gasteiger partial charge in [0.25, 0.3) is 0 Å². The van der Waals surface area contributed by atoms with Gasteiger partial charge in [0, 0.05) is 11.6 Å². The zero-order valence-corrected chi connectivity index (χ0v) is 11.1. The number of benzene rings is 1. The minimum atomic E-state index is -3.30. The molecule has 6 heteroatoms. The standard InChI is InChI=1S/C12H16N2O3S/c1-8-6-11(8)12(15)13-9-4-3-5-10(7-9)14-18(2,16)17/h3-5,7-8,11,14H,6H2,1-2H3,(H,13,15)/t8-,11+/m0/s1. The Balaban J connectivity index is 2.05. The van der Waals surface area contributed by atoms with Crippen molar-refractivity contribution in [1.82, 2.24) is 0 Å². The molecule has 2 N–H and O–H groups in total. The maximum atomic E-state index is 11.7. The minimum absolute atomic E-state index is 0.000921. The molecule has 0 unspecified atom stereocenters. The van der Waals surface area contributed by atoms with Crippen LogP contribution in [0.25, 0.3) is 0 Å². The van der Waals surface area contributed by atoms with Crippen molar-refractivity contribution >= 4 is 27.3 Å². The molecule has 2 atom stereocenters. The van der Waals surface area contributed by atoms with Gasteiger partial charge >= 0.3 is 0 Å². The van der Waals surface area contributed by atoms with Crippen LogP contribution in [-0.4, -0.2) is 20.6 Å². The molecule has 0 heterocycles. The third-order valence-corrected chi connectivity index (χ3v) is 3.49. The van der Waals surface area contributed by atoms with E-state index in [2.05, 4.69) is 10.0 Å². The summed E-state index contributed by atoms with van der Waals surface area (Å²) in [6.07, 6.45) is 2.01. The summed E-state index contributed by atoms with van der Waals surface area (Å²) in [4.78, 5) is 11.7. The quantitative estimate of drug-likeness (QED) is 0.872. The van der Waals surface area contributed by atoms with Crippen LogP contribution in [0, 0.1) is 11.8 Å². The van der Waals surface area contributed by atoms with Crippen LogP contribution in [0.1, 0.15) is 13.3 Å². The van der Waals surface area contributed by atoms with Crippen molar-refractivity contribution < 1.29 is 13.2 Å². The van der Waals surface area contributed by atoms with Crippen LogP contribution in [0.2, 0.25) is 0 Å². The Hall–Kier alpha value is -1.56. The van der Waals surface area contributed by atoms with Gasteiger partial charge in [-0.2, -0.15) is 0 Å². The minimum Gasteiger partial charge on any atom is -0.326 e. The lowest BCUT2D eigenvalue weighted by Gasteiger charge is -2.08. The second kappa shape index (κ2) is 4.61. The Morgan fingerprint density at radius 3 is 2.50 bits per heavy atom. The lowest BCUT2D eigenvalue weighted by molar-refractivity contribution is -0.117. The predicted molar refractivity (Wildman–Crippen MR) is 70.8 cm³/mol. The van der Waals surface area contributed by atoms with Crippen molar-refractivity contribution in [2.24, 2.45) is 11.8 Å². The first-order valence-electron chi connectivity index (χ1n) is 5.74. The number of carbonyl (C=O) groups excluding carboxylic acids is 1. The molecular weight excluding hydrogens is 252 g/mol. The van der Waals surface area contributed by atoms with E-state index in [0.29, 0.717) is 17.3 Å². The number of hydrogen-bond acceptors (Lipinski definition) is 3. The van der Waals surface area contributed by atoms with Crippen LogP contribution in [-0.2, 0) is 14.8 Å². The van der Waals surface area contributed by atoms with E-state index in [9.17, 15) is 13.2 Å². The molecule has 0 bridgehead atoms. The van der Waals surface area contributed by atoms with Crippen molar-refractivity contribution in [2.75, 3.05) is 16.3 Å². The predicted octanol–water partition coefficient (Wildman–Crippen LogP) is 1.65. The van der Waals surface area contributed by atoms with Crippen molar-refractivity contribution in [3.05, 3.63) is 24.3 Å². The Bertz CT molecular complexity index is 568. The lowest BCUT2D eigenvalue weighted by Crippen LogP contribution is -2.15. The van der Waals surface area contributed by atoms with E-state index in [1.54, 1.807) is 24.3 Å². The normalized spacial score (nSPS) is 22.3. The number of anilines is 2. The first-order chi connectivity index (χ1) is 8.35. The van der Waals surface area contributed by atoms with Gasteiger partial charge in [0.2, 0.25) is 15.9 Å². The third kappa shape index (κ3) is 3.46. The maximum absolute atomic E-state index is 11.7. The fourth-order valence-electron chi connectivity index (χ4n) is 1.80. The van der Waals surface area contributed by atoms with E-state index in [1.807, 2.05) is 6.92 Å². The molecule has 1 amide bonds. The molecule has 0 aromatic heterocycles. The Morgan fingerprint density at radius 1 is 1.33 bits per heavy atom. The van der Waals surface area contributed by atoms with Gasteiger partial charge in [-0.1, -0.05) is 13.0 Å². The van der Waals surface area contributed by atoms with Crippen molar-refractivity contribution in [1.29, 1.82) is 0 Å². The number of sulfonamides is 1. The molecule has 1 saturated carbocycles. The van der Waals surface area contributed by atoms with E-state index in [1.165, 1.54) is 0 Å². The number of hydrogen-bond donors (Lipinski definition) is 2. The van der Waals surface area contributed by atoms with Gasteiger partial charge in [0.1, 0.15) is 0 Å². The Kier molecular flexibility index (Phi) is 3.30. The highest BCUT2D eigenvalue weighted by atomic mass is 32.2. The van der Waals surface area contributed by atoms with Crippen molar-refractivity contribution in [3.8, 4) is 0 Å². The molecule has 1 aromatic carbocycles. The summed E-state index contributed by atoms with van der Waals surface area (Å²) < 4.78 is 24.6. The van der Waals surface area contributed by atoms with Crippen LogP contribution >= 0.6 is 0 Å². The monoisotopic (exact) mass is 268 g/mol. The van der Waals surface area contributed by atoms with E-state index in [4.69, 9.17) is 0 Å². The molecular formula is C12H16N2O3S. The van der Waals surface area contributed by atoms with Gasteiger partial charge in [-0.25, -0.2) is 8.42 Å². The lowest BCUT2D eigenvalue weighted by atomic mass is 10.2. The number of rotatable bonds is 4. The molecule has 18 heavy (non-hydrogen) atoms. The highest BCUT2D eigenvalue weighted by Gasteiger charge is 2.39. The van der Waals surface area contributed by atoms with E-state index >= 15 is 0 Å². The topological polar surface area (TPSA) is 75.3 Å². The van der Waals surface area contributed by atoms with Gasteiger partial charge in [-0.05, 0) is 30.5 Å². The van der Waals surface area contributed by atoms with Gasteiger partial charge < -0.3 is 5.32 Å². The smallest absolute Gasteiger partial charge is 0.229 e. The summed E-state index contributed by atoms with van der Waals surface area (Å²) in [5, 5.41) is 2.79. The van der Waals surface area contributed by atoms with Crippen molar-refractivity contribution in [3.63, 3.8) is 0 Å². The summed E-state index contributed by atoms with van der Waals surface area (Å²) >= 11 is 0. The van der Waals surface area contributed by atoms with Crippen LogP contribution in [0.3, 0.4) is 0 Å². The van der Waals surface area contributed by atoms with Crippen molar-refractivity contribution in [2.45, 2.75) is 13.3 Å².